The number of esters is 1. The SMILES string of the molecule is O=C(N/N=C\c1ccc(OC(=O)c2ccccc2F)cc1)C(=O)Nc1cccc2ccccc12. The highest BCUT2D eigenvalue weighted by molar-refractivity contribution is 6.40. The van der Waals surface area contributed by atoms with Gasteiger partial charge in [0.25, 0.3) is 0 Å². The molecule has 0 fully saturated rings. The maximum atomic E-state index is 13.7. The number of hydrogen-bond acceptors (Lipinski definition) is 5. The molecule has 0 atom stereocenters. The van der Waals surface area contributed by atoms with Gasteiger partial charge in [-0.3, -0.25) is 9.59 Å². The van der Waals surface area contributed by atoms with Crippen molar-refractivity contribution in [3.05, 3.63) is 108 Å². The fraction of sp³-hybridized carbons (Fsp3) is 0. The average molecular weight is 455 g/mol. The summed E-state index contributed by atoms with van der Waals surface area (Å²) in [6, 6.07) is 24.5. The van der Waals surface area contributed by atoms with E-state index >= 15 is 0 Å². The Morgan fingerprint density at radius 1 is 0.794 bits per heavy atom. The molecule has 0 saturated heterocycles. The Kier molecular flexibility index (Phi) is 6.69. The molecule has 0 aliphatic rings. The lowest BCUT2D eigenvalue weighted by Gasteiger charge is -2.07. The minimum absolute atomic E-state index is 0.169. The third-order valence-corrected chi connectivity index (χ3v) is 4.81. The third-order valence-electron chi connectivity index (χ3n) is 4.81. The first kappa shape index (κ1) is 22.3. The van der Waals surface area contributed by atoms with Gasteiger partial charge in [-0.2, -0.15) is 5.10 Å². The summed E-state index contributed by atoms with van der Waals surface area (Å²) in [5, 5.41) is 8.09. The Balaban J connectivity index is 1.32. The van der Waals surface area contributed by atoms with Gasteiger partial charge in [0.15, 0.2) is 0 Å². The number of hydrogen-bond donors (Lipinski definition) is 2. The van der Waals surface area contributed by atoms with Crippen molar-refractivity contribution < 1.29 is 23.5 Å². The van der Waals surface area contributed by atoms with Crippen LogP contribution in [0.4, 0.5) is 10.1 Å². The van der Waals surface area contributed by atoms with E-state index in [1.54, 1.807) is 24.3 Å². The second-order valence-electron chi connectivity index (χ2n) is 7.12. The van der Waals surface area contributed by atoms with E-state index in [1.807, 2.05) is 30.3 Å². The second kappa shape index (κ2) is 10.2. The van der Waals surface area contributed by atoms with E-state index < -0.39 is 23.6 Å². The molecule has 0 aromatic heterocycles. The van der Waals surface area contributed by atoms with Gasteiger partial charge in [-0.25, -0.2) is 14.6 Å². The highest BCUT2D eigenvalue weighted by Gasteiger charge is 2.15. The zero-order valence-electron chi connectivity index (χ0n) is 17.7. The summed E-state index contributed by atoms with van der Waals surface area (Å²) < 4.78 is 18.8. The van der Waals surface area contributed by atoms with E-state index in [0.29, 0.717) is 11.3 Å². The number of anilines is 1. The standard InChI is InChI=1S/C26H18FN3O4/c27-22-10-4-3-9-21(22)26(33)34-19-14-12-17(13-15-19)16-28-30-25(32)24(31)29-23-11-5-7-18-6-1-2-8-20(18)23/h1-16H,(H,29,31)(H,30,32)/b28-16-. The number of carbonyl (C=O) groups is 3. The van der Waals surface area contributed by atoms with Crippen LogP contribution in [0.15, 0.2) is 96.1 Å². The quantitative estimate of drug-likeness (QED) is 0.154. The minimum Gasteiger partial charge on any atom is -0.423 e. The Morgan fingerprint density at radius 2 is 1.50 bits per heavy atom. The molecular formula is C26H18FN3O4. The molecule has 4 rings (SSSR count). The van der Waals surface area contributed by atoms with Crippen LogP contribution in [0, 0.1) is 5.82 Å². The van der Waals surface area contributed by atoms with Crippen LogP contribution in [0.1, 0.15) is 15.9 Å². The molecule has 0 aliphatic carbocycles. The first-order valence-electron chi connectivity index (χ1n) is 10.2. The Hall–Kier alpha value is -4.85. The molecule has 7 nitrogen and oxygen atoms in total. The number of halogens is 1. The molecule has 0 bridgehead atoms. The number of hydrazone groups is 1. The zero-order chi connectivity index (χ0) is 23.9. The highest BCUT2D eigenvalue weighted by Crippen LogP contribution is 2.22. The second-order valence-corrected chi connectivity index (χ2v) is 7.12. The van der Waals surface area contributed by atoms with Crippen molar-refractivity contribution in [2.45, 2.75) is 0 Å². The number of benzene rings is 4. The maximum Gasteiger partial charge on any atom is 0.346 e. The number of nitrogens with one attached hydrogen (secondary N) is 2. The smallest absolute Gasteiger partial charge is 0.346 e. The van der Waals surface area contributed by atoms with Crippen molar-refractivity contribution in [2.75, 3.05) is 5.32 Å². The summed E-state index contributed by atoms with van der Waals surface area (Å²) >= 11 is 0. The average Bonchev–Trinajstić information content (AvgIpc) is 2.85. The number of carbonyl (C=O) groups excluding carboxylic acids is 3. The number of fused-ring (bicyclic) bond motifs is 1. The molecule has 4 aromatic rings. The fourth-order valence-electron chi connectivity index (χ4n) is 3.14. The van der Waals surface area contributed by atoms with Gasteiger partial charge >= 0.3 is 17.8 Å². The van der Waals surface area contributed by atoms with Gasteiger partial charge < -0.3 is 10.1 Å². The van der Waals surface area contributed by atoms with Crippen LogP contribution >= 0.6 is 0 Å². The molecule has 0 radical (unpaired) electrons. The van der Waals surface area contributed by atoms with Crippen LogP contribution < -0.4 is 15.5 Å². The van der Waals surface area contributed by atoms with Crippen molar-refractivity contribution in [2.24, 2.45) is 5.10 Å². The van der Waals surface area contributed by atoms with Crippen LogP contribution in [-0.4, -0.2) is 24.0 Å². The number of amides is 2. The lowest BCUT2D eigenvalue weighted by atomic mass is 10.1. The first-order valence-corrected chi connectivity index (χ1v) is 10.2. The first-order chi connectivity index (χ1) is 16.5. The van der Waals surface area contributed by atoms with Crippen LogP contribution in [0.25, 0.3) is 10.8 Å². The molecule has 0 aliphatic heterocycles. The molecule has 34 heavy (non-hydrogen) atoms. The van der Waals surface area contributed by atoms with Crippen LogP contribution in [0.2, 0.25) is 0 Å². The predicted molar refractivity (Wildman–Crippen MR) is 126 cm³/mol. The van der Waals surface area contributed by atoms with Gasteiger partial charge in [0.2, 0.25) is 0 Å². The maximum absolute atomic E-state index is 13.7. The Labute approximate surface area is 193 Å². The van der Waals surface area contributed by atoms with Gasteiger partial charge in [0.1, 0.15) is 11.6 Å². The van der Waals surface area contributed by atoms with Crippen molar-refractivity contribution in [3.8, 4) is 5.75 Å². The van der Waals surface area contributed by atoms with E-state index in [-0.39, 0.29) is 11.3 Å². The highest BCUT2D eigenvalue weighted by atomic mass is 19.1. The molecule has 168 valence electrons. The van der Waals surface area contributed by atoms with Crippen LogP contribution in [-0.2, 0) is 9.59 Å². The summed E-state index contributed by atoms with van der Waals surface area (Å²) in [6.07, 6.45) is 1.32. The summed E-state index contributed by atoms with van der Waals surface area (Å²) in [7, 11) is 0. The summed E-state index contributed by atoms with van der Waals surface area (Å²) in [5.74, 6) is -3.06. The number of rotatable bonds is 5. The molecule has 8 heteroatoms. The fourth-order valence-corrected chi connectivity index (χ4v) is 3.14. The third kappa shape index (κ3) is 5.31. The van der Waals surface area contributed by atoms with Gasteiger partial charge in [-0.1, -0.05) is 48.5 Å². The van der Waals surface area contributed by atoms with Gasteiger partial charge in [0, 0.05) is 11.1 Å². The van der Waals surface area contributed by atoms with Crippen molar-refractivity contribution in [1.29, 1.82) is 0 Å². The zero-order valence-corrected chi connectivity index (χ0v) is 17.7. The van der Waals surface area contributed by atoms with E-state index in [2.05, 4.69) is 15.8 Å². The van der Waals surface area contributed by atoms with E-state index in [4.69, 9.17) is 4.74 Å². The van der Waals surface area contributed by atoms with E-state index in [0.717, 1.165) is 10.8 Å². The monoisotopic (exact) mass is 455 g/mol. The molecule has 0 heterocycles. The molecule has 0 saturated carbocycles. The molecule has 4 aromatic carbocycles. The molecule has 2 N–H and O–H groups in total. The van der Waals surface area contributed by atoms with Crippen molar-refractivity contribution >= 4 is 40.5 Å². The number of nitrogens with zero attached hydrogens (tertiary/aromatic N) is 1. The van der Waals surface area contributed by atoms with Crippen molar-refractivity contribution in [1.82, 2.24) is 5.43 Å². The minimum atomic E-state index is -0.931. The largest absolute Gasteiger partial charge is 0.423 e. The summed E-state index contributed by atoms with van der Waals surface area (Å²) in [4.78, 5) is 36.4. The van der Waals surface area contributed by atoms with E-state index in [9.17, 15) is 18.8 Å². The van der Waals surface area contributed by atoms with Crippen molar-refractivity contribution in [3.63, 3.8) is 0 Å². The van der Waals surface area contributed by atoms with Gasteiger partial charge in [-0.15, -0.1) is 0 Å². The topological polar surface area (TPSA) is 96.9 Å². The van der Waals surface area contributed by atoms with Gasteiger partial charge in [-0.05, 0) is 53.4 Å². The molecule has 2 amide bonds. The summed E-state index contributed by atoms with van der Waals surface area (Å²) in [6.45, 7) is 0. The summed E-state index contributed by atoms with van der Waals surface area (Å²) in [5.41, 5.74) is 3.08. The molecule has 0 unspecified atom stereocenters. The molecule has 0 spiro atoms. The Bertz CT molecular complexity index is 1400. The van der Waals surface area contributed by atoms with Gasteiger partial charge in [0.05, 0.1) is 11.8 Å². The van der Waals surface area contributed by atoms with Crippen LogP contribution in [0.3, 0.4) is 0 Å². The lowest BCUT2D eigenvalue weighted by Crippen LogP contribution is -2.32. The molecular weight excluding hydrogens is 437 g/mol. The number of ether oxygens (including phenoxy) is 1. The Morgan fingerprint density at radius 3 is 2.29 bits per heavy atom. The van der Waals surface area contributed by atoms with Crippen LogP contribution in [0.5, 0.6) is 5.75 Å². The lowest BCUT2D eigenvalue weighted by molar-refractivity contribution is -0.136. The van der Waals surface area contributed by atoms with E-state index in [1.165, 1.54) is 42.6 Å². The normalized spacial score (nSPS) is 10.7. The predicted octanol–water partition coefficient (Wildman–Crippen LogP) is 4.29.